The second-order valence-electron chi connectivity index (χ2n) is 18.1. The summed E-state index contributed by atoms with van der Waals surface area (Å²) in [6.45, 7) is 9.03. The molecule has 64 heavy (non-hydrogen) atoms. The van der Waals surface area contributed by atoms with Gasteiger partial charge in [-0.05, 0) is 108 Å². The van der Waals surface area contributed by atoms with Crippen molar-refractivity contribution in [1.29, 1.82) is 0 Å². The number of hydrogen-bond acceptors (Lipinski definition) is 2. The number of fused-ring (bicyclic) bond motifs is 12. The highest BCUT2D eigenvalue weighted by Gasteiger charge is 2.27. The van der Waals surface area contributed by atoms with Gasteiger partial charge >= 0.3 is 0 Å². The molecule has 13 aromatic rings. The molecule has 0 bridgehead atoms. The van der Waals surface area contributed by atoms with Crippen LogP contribution in [0.5, 0.6) is 0 Å². The second kappa shape index (κ2) is 13.8. The van der Waals surface area contributed by atoms with Crippen LogP contribution in [-0.4, -0.2) is 8.80 Å². The van der Waals surface area contributed by atoms with Crippen molar-refractivity contribution < 1.29 is 0 Å². The Labute approximate surface area is 372 Å². The highest BCUT2D eigenvalue weighted by atomic mass is 15.2. The van der Waals surface area contributed by atoms with Crippen LogP contribution in [0.2, 0.25) is 0 Å². The maximum absolute atomic E-state index is 2.54. The maximum Gasteiger partial charge on any atom is 0.0621 e. The molecule has 0 saturated heterocycles. The molecule has 4 nitrogen and oxygen atoms in total. The Morgan fingerprint density at radius 1 is 0.312 bits per heavy atom. The van der Waals surface area contributed by atoms with E-state index in [1.165, 1.54) is 98.7 Å². The van der Waals surface area contributed by atoms with Crippen molar-refractivity contribution in [3.05, 3.63) is 205 Å². The van der Waals surface area contributed by atoms with Crippen molar-refractivity contribution in [2.75, 3.05) is 9.80 Å². The lowest BCUT2D eigenvalue weighted by Crippen LogP contribution is -2.10. The van der Waals surface area contributed by atoms with Gasteiger partial charge in [-0.1, -0.05) is 137 Å². The second-order valence-corrected chi connectivity index (χ2v) is 18.1. The van der Waals surface area contributed by atoms with Gasteiger partial charge in [0, 0.05) is 65.8 Å². The summed E-state index contributed by atoms with van der Waals surface area (Å²) in [5.41, 5.74) is 17.0. The minimum Gasteiger partial charge on any atom is -0.310 e. The van der Waals surface area contributed by atoms with Crippen molar-refractivity contribution in [1.82, 2.24) is 8.80 Å². The van der Waals surface area contributed by atoms with Gasteiger partial charge in [0.1, 0.15) is 0 Å². The van der Waals surface area contributed by atoms with Gasteiger partial charge in [0.2, 0.25) is 0 Å². The lowest BCUT2D eigenvalue weighted by molar-refractivity contribution is 0.866. The fourth-order valence-corrected chi connectivity index (χ4v) is 10.9. The summed E-state index contributed by atoms with van der Waals surface area (Å²) in [6, 6.07) is 72.3. The molecule has 0 saturated carbocycles. The number of anilines is 6. The minimum atomic E-state index is 0.466. The summed E-state index contributed by atoms with van der Waals surface area (Å²) >= 11 is 0. The summed E-state index contributed by atoms with van der Waals surface area (Å²) in [4.78, 5) is 4.86. The molecule has 0 atom stereocenters. The number of aromatic nitrogens is 2. The van der Waals surface area contributed by atoms with E-state index < -0.39 is 0 Å². The molecule has 306 valence electrons. The predicted molar refractivity (Wildman–Crippen MR) is 273 cm³/mol. The Morgan fingerprint density at radius 3 is 1.06 bits per heavy atom. The summed E-state index contributed by atoms with van der Waals surface area (Å²) in [5.74, 6) is 0.932. The average Bonchev–Trinajstić information content (AvgIpc) is 4.06. The molecule has 0 aliphatic carbocycles. The zero-order valence-electron chi connectivity index (χ0n) is 36.4. The number of hydrogen-bond donors (Lipinski definition) is 0. The molecular weight excluding hydrogens is 777 g/mol. The van der Waals surface area contributed by atoms with E-state index in [1.54, 1.807) is 0 Å². The molecule has 0 radical (unpaired) electrons. The van der Waals surface area contributed by atoms with E-state index in [-0.39, 0.29) is 0 Å². The molecule has 0 aliphatic heterocycles. The van der Waals surface area contributed by atoms with E-state index in [9.17, 15) is 0 Å². The predicted octanol–water partition coefficient (Wildman–Crippen LogP) is 17.2. The zero-order valence-corrected chi connectivity index (χ0v) is 36.4. The third kappa shape index (κ3) is 5.17. The topological polar surface area (TPSA) is 15.3 Å². The number of nitrogens with zero attached hydrogens (tertiary/aromatic N) is 4. The normalized spacial score (nSPS) is 12.3. The third-order valence-corrected chi connectivity index (χ3v) is 13.9. The summed E-state index contributed by atoms with van der Waals surface area (Å²) in [7, 11) is 0. The maximum atomic E-state index is 2.54. The van der Waals surface area contributed by atoms with Crippen molar-refractivity contribution in [2.45, 2.75) is 39.5 Å². The molecule has 0 aliphatic rings. The van der Waals surface area contributed by atoms with Crippen molar-refractivity contribution in [2.24, 2.45) is 0 Å². The van der Waals surface area contributed by atoms with Crippen LogP contribution in [-0.2, 0) is 0 Å². The SMILES string of the molecule is CC(C)c1ccc(N(c2ccccc2)c2cccc3c2c2cccc4c5cc6c(cc5n3c42)c2cccc3c4c(N(c5ccccc5)c5ccc(C(C)C)cc5)cccc4n6c23)cc1. The Bertz CT molecular complexity index is 3620. The van der Waals surface area contributed by atoms with Gasteiger partial charge in [-0.25, -0.2) is 0 Å². The van der Waals surface area contributed by atoms with Gasteiger partial charge in [-0.15, -0.1) is 0 Å². The molecule has 0 fully saturated rings. The van der Waals surface area contributed by atoms with Gasteiger partial charge in [-0.2, -0.15) is 0 Å². The van der Waals surface area contributed by atoms with Gasteiger partial charge in [0.25, 0.3) is 0 Å². The van der Waals surface area contributed by atoms with Crippen molar-refractivity contribution in [3.8, 4) is 0 Å². The molecule has 0 spiro atoms. The first-order valence-corrected chi connectivity index (χ1v) is 22.7. The Balaban J connectivity index is 1.06. The van der Waals surface area contributed by atoms with Crippen LogP contribution in [0.25, 0.3) is 76.2 Å². The molecule has 4 heterocycles. The molecule has 0 unspecified atom stereocenters. The van der Waals surface area contributed by atoms with Crippen LogP contribution in [0.15, 0.2) is 194 Å². The lowest BCUT2D eigenvalue weighted by Gasteiger charge is -2.27. The van der Waals surface area contributed by atoms with Crippen LogP contribution >= 0.6 is 0 Å². The van der Waals surface area contributed by atoms with Crippen LogP contribution in [0.4, 0.5) is 34.1 Å². The molecule has 0 N–H and O–H groups in total. The fourth-order valence-electron chi connectivity index (χ4n) is 10.9. The van der Waals surface area contributed by atoms with Crippen molar-refractivity contribution >= 4 is 110 Å². The van der Waals surface area contributed by atoms with Crippen molar-refractivity contribution in [3.63, 3.8) is 0 Å². The Kier molecular flexibility index (Phi) is 7.96. The largest absolute Gasteiger partial charge is 0.310 e. The van der Waals surface area contributed by atoms with E-state index >= 15 is 0 Å². The Morgan fingerprint density at radius 2 is 0.672 bits per heavy atom. The molecule has 13 rings (SSSR count). The number of benzene rings is 9. The van der Waals surface area contributed by atoms with E-state index in [2.05, 4.69) is 240 Å². The van der Waals surface area contributed by atoms with E-state index in [1.807, 2.05) is 0 Å². The quantitative estimate of drug-likeness (QED) is 0.152. The van der Waals surface area contributed by atoms with E-state index in [0.29, 0.717) is 11.8 Å². The zero-order chi connectivity index (χ0) is 42.8. The molecule has 4 heteroatoms. The monoisotopic (exact) mass is 822 g/mol. The van der Waals surface area contributed by atoms with E-state index in [4.69, 9.17) is 0 Å². The molecule has 9 aromatic carbocycles. The summed E-state index contributed by atoms with van der Waals surface area (Å²) in [6.07, 6.45) is 0. The van der Waals surface area contributed by atoms with Crippen LogP contribution < -0.4 is 9.80 Å². The van der Waals surface area contributed by atoms with Gasteiger partial charge in [-0.3, -0.25) is 0 Å². The highest BCUT2D eigenvalue weighted by molar-refractivity contribution is 6.31. The first-order valence-electron chi connectivity index (χ1n) is 22.7. The van der Waals surface area contributed by atoms with Crippen LogP contribution in [0.1, 0.15) is 50.7 Å². The first kappa shape index (κ1) is 36.8. The van der Waals surface area contributed by atoms with Gasteiger partial charge in [0.05, 0.1) is 44.5 Å². The highest BCUT2D eigenvalue weighted by Crippen LogP contribution is 2.50. The number of rotatable bonds is 8. The Hall–Kier alpha value is -7.82. The summed E-state index contributed by atoms with van der Waals surface area (Å²) < 4.78 is 5.08. The van der Waals surface area contributed by atoms with Gasteiger partial charge < -0.3 is 18.6 Å². The first-order chi connectivity index (χ1) is 31.4. The van der Waals surface area contributed by atoms with Gasteiger partial charge in [0.15, 0.2) is 0 Å². The summed E-state index contributed by atoms with van der Waals surface area (Å²) in [5, 5.41) is 10.1. The molecule has 0 amide bonds. The molecule has 4 aromatic heterocycles. The van der Waals surface area contributed by atoms with Crippen LogP contribution in [0, 0.1) is 0 Å². The average molecular weight is 823 g/mol. The standard InChI is InChI=1S/C60H46N4/c1-37(2)39-27-31-43(32-28-39)61(41-15-7-5-8-16-41)51-23-13-25-53-57(51)47-21-11-19-45-49-36-56-50(35-55(49)63(53)59(45)47)46-20-12-22-48-58-52(24-14-26-54(58)64(56)60(46)48)62(42-17-9-6-10-18-42)44-33-29-40(30-34-44)38(3)4/h5-38H,1-4H3. The third-order valence-electron chi connectivity index (χ3n) is 13.9. The lowest BCUT2D eigenvalue weighted by atomic mass is 10.0. The van der Waals surface area contributed by atoms with E-state index in [0.717, 1.165) is 22.7 Å². The van der Waals surface area contributed by atoms with Crippen LogP contribution in [0.3, 0.4) is 0 Å². The smallest absolute Gasteiger partial charge is 0.0621 e. The fraction of sp³-hybridized carbons (Fsp3) is 0.100. The molecular formula is C60H46N4. The minimum absolute atomic E-state index is 0.466. The number of para-hydroxylation sites is 4.